The summed E-state index contributed by atoms with van der Waals surface area (Å²) >= 11 is 0. The fraction of sp³-hybridized carbons (Fsp3) is 0.589. The van der Waals surface area contributed by atoms with E-state index in [1.165, 1.54) is 57.8 Å². The average Bonchev–Trinajstić information content (AvgIpc) is 3.32. The number of unbranched alkanes of at least 4 members (excludes halogenated alkanes) is 13. The highest BCUT2D eigenvalue weighted by molar-refractivity contribution is 7.47. The van der Waals surface area contributed by atoms with Gasteiger partial charge in [0.05, 0.1) is 19.6 Å². The first-order valence-electron chi connectivity index (χ1n) is 25.6. The number of allylic oxidation sites excluding steroid dienone is 19. The molecule has 384 valence electrons. The van der Waals surface area contributed by atoms with Crippen molar-refractivity contribution in [2.24, 2.45) is 0 Å². The van der Waals surface area contributed by atoms with Gasteiger partial charge in [-0.25, -0.2) is 9.36 Å². The summed E-state index contributed by atoms with van der Waals surface area (Å²) in [4.78, 5) is 46.1. The topological polar surface area (TPSA) is 169 Å². The van der Waals surface area contributed by atoms with Crippen LogP contribution < -0.4 is 5.32 Å². The van der Waals surface area contributed by atoms with Crippen molar-refractivity contribution in [2.45, 2.75) is 193 Å². The van der Waals surface area contributed by atoms with Crippen LogP contribution in [0.1, 0.15) is 181 Å². The van der Waals surface area contributed by atoms with Gasteiger partial charge in [-0.05, 0) is 89.9 Å². The Morgan fingerprint density at radius 1 is 0.500 bits per heavy atom. The standard InChI is InChI=1S/C56H90NO10P/c1-3-5-7-9-11-13-15-17-19-21-23-25-26-28-29-31-33-35-37-39-41-43-45-47-54(59)57-53(56(61)62)51-67-68(63,64)66-50-52(58)49-65-55(60)48-46-44-42-40-38-36-34-32-30-27-24-22-20-18-16-14-12-10-8-6-4-2/h6,8,11-14,17-20,23-25,27,32,34,38,40,44,46,52-53,58H,3-5,7,9-10,15-16,21-22,26,28-31,33,35-37,39,41-43,45,47-51H2,1-2H3,(H,57,59)(H,61,62)(H,63,64)/b8-6-,13-11-,14-12-,19-17-,20-18-,25-23-,27-24-,34-32-,40-38-,46-44-. The van der Waals surface area contributed by atoms with Crippen LogP contribution in [-0.4, -0.2) is 64.9 Å². The third-order valence-electron chi connectivity index (χ3n) is 10.3. The third-order valence-corrected chi connectivity index (χ3v) is 11.2. The largest absolute Gasteiger partial charge is 0.480 e. The molecule has 0 saturated heterocycles. The molecule has 0 saturated carbocycles. The molecule has 0 fully saturated rings. The molecular weight excluding hydrogens is 878 g/mol. The van der Waals surface area contributed by atoms with Gasteiger partial charge in [0.2, 0.25) is 5.91 Å². The zero-order valence-electron chi connectivity index (χ0n) is 41.9. The summed E-state index contributed by atoms with van der Waals surface area (Å²) in [6.45, 7) is 2.35. The normalized spacial score (nSPS) is 14.5. The Morgan fingerprint density at radius 3 is 1.32 bits per heavy atom. The van der Waals surface area contributed by atoms with Crippen LogP contribution in [-0.2, 0) is 32.7 Å². The zero-order valence-corrected chi connectivity index (χ0v) is 42.7. The van der Waals surface area contributed by atoms with Gasteiger partial charge in [0.25, 0.3) is 0 Å². The van der Waals surface area contributed by atoms with E-state index in [4.69, 9.17) is 13.8 Å². The summed E-state index contributed by atoms with van der Waals surface area (Å²) in [7, 11) is -4.79. The lowest BCUT2D eigenvalue weighted by Gasteiger charge is -2.18. The van der Waals surface area contributed by atoms with Gasteiger partial charge in [-0.3, -0.25) is 18.6 Å². The second-order valence-electron chi connectivity index (χ2n) is 16.6. The first-order valence-corrected chi connectivity index (χ1v) is 27.1. The lowest BCUT2D eigenvalue weighted by Crippen LogP contribution is -2.43. The molecular formula is C56H90NO10P. The second kappa shape index (κ2) is 49.3. The third kappa shape index (κ3) is 48.3. The number of phosphoric acid groups is 1. The molecule has 0 aliphatic carbocycles. The molecule has 0 aromatic carbocycles. The van der Waals surface area contributed by atoms with Crippen LogP contribution in [0.3, 0.4) is 0 Å². The number of ether oxygens (including phenoxy) is 1. The highest BCUT2D eigenvalue weighted by atomic mass is 31.2. The van der Waals surface area contributed by atoms with Crippen molar-refractivity contribution in [3.8, 4) is 0 Å². The van der Waals surface area contributed by atoms with Gasteiger partial charge in [0.1, 0.15) is 12.7 Å². The van der Waals surface area contributed by atoms with Crippen molar-refractivity contribution in [1.82, 2.24) is 5.32 Å². The number of hydrogen-bond donors (Lipinski definition) is 4. The lowest BCUT2D eigenvalue weighted by molar-refractivity contribution is -0.146. The molecule has 4 N–H and O–H groups in total. The quantitative estimate of drug-likeness (QED) is 0.0199. The number of hydrogen-bond acceptors (Lipinski definition) is 8. The number of aliphatic carboxylic acids is 1. The minimum Gasteiger partial charge on any atom is -0.480 e. The van der Waals surface area contributed by atoms with Crippen LogP contribution in [0.15, 0.2) is 122 Å². The fourth-order valence-electron chi connectivity index (χ4n) is 6.35. The van der Waals surface area contributed by atoms with E-state index in [0.29, 0.717) is 12.8 Å². The summed E-state index contributed by atoms with van der Waals surface area (Å²) < 4.78 is 26.8. The maximum Gasteiger partial charge on any atom is 0.472 e. The van der Waals surface area contributed by atoms with Gasteiger partial charge in [-0.2, -0.15) is 0 Å². The number of phosphoric ester groups is 1. The maximum atomic E-state index is 12.4. The van der Waals surface area contributed by atoms with Crippen LogP contribution in [0.2, 0.25) is 0 Å². The van der Waals surface area contributed by atoms with Crippen LogP contribution in [0, 0.1) is 0 Å². The molecule has 0 radical (unpaired) electrons. The van der Waals surface area contributed by atoms with Crippen LogP contribution >= 0.6 is 7.82 Å². The van der Waals surface area contributed by atoms with E-state index in [0.717, 1.165) is 83.5 Å². The Hall–Kier alpha value is -4.12. The van der Waals surface area contributed by atoms with Gasteiger partial charge >= 0.3 is 19.8 Å². The number of aliphatic hydroxyl groups is 1. The summed E-state index contributed by atoms with van der Waals surface area (Å²) in [6.07, 6.45) is 66.7. The van der Waals surface area contributed by atoms with Gasteiger partial charge in [-0.1, -0.05) is 200 Å². The minimum absolute atomic E-state index is 0.0177. The number of aliphatic hydroxyl groups excluding tert-OH is 1. The number of carboxylic acids is 1. The first-order chi connectivity index (χ1) is 33.1. The highest BCUT2D eigenvalue weighted by Gasteiger charge is 2.28. The Labute approximate surface area is 411 Å². The average molecular weight is 968 g/mol. The van der Waals surface area contributed by atoms with E-state index in [-0.39, 0.29) is 12.8 Å². The molecule has 0 bridgehead atoms. The molecule has 0 aromatic rings. The van der Waals surface area contributed by atoms with Gasteiger partial charge in [0, 0.05) is 6.42 Å². The molecule has 0 heterocycles. The van der Waals surface area contributed by atoms with E-state index in [1.807, 2.05) is 18.2 Å². The minimum atomic E-state index is -4.79. The fourth-order valence-corrected chi connectivity index (χ4v) is 7.12. The molecule has 0 aromatic heterocycles. The van der Waals surface area contributed by atoms with Crippen molar-refractivity contribution >= 4 is 25.7 Å². The van der Waals surface area contributed by atoms with Gasteiger partial charge in [-0.15, -0.1) is 0 Å². The zero-order chi connectivity index (χ0) is 49.9. The SMILES string of the molecule is CC/C=C\C/C=C\C/C=C\C/C=C\C/C=C\C/C=C\C/C=C\CC(=O)OCC(O)COP(=O)(O)OCC(NC(=O)CCCCCCCCCCCC/C=C\C/C=C\C/C=C\CCCCC)C(=O)O. The monoisotopic (exact) mass is 968 g/mol. The van der Waals surface area contributed by atoms with E-state index >= 15 is 0 Å². The summed E-state index contributed by atoms with van der Waals surface area (Å²) in [5, 5.41) is 21.9. The predicted octanol–water partition coefficient (Wildman–Crippen LogP) is 14.3. The highest BCUT2D eigenvalue weighted by Crippen LogP contribution is 2.43. The van der Waals surface area contributed by atoms with Gasteiger partial charge in [0.15, 0.2) is 6.04 Å². The van der Waals surface area contributed by atoms with Crippen molar-refractivity contribution in [3.05, 3.63) is 122 Å². The molecule has 0 spiro atoms. The van der Waals surface area contributed by atoms with Crippen LogP contribution in [0.4, 0.5) is 0 Å². The number of carboxylic acid groups (broad SMARTS) is 1. The Bertz CT molecular complexity index is 1610. The van der Waals surface area contributed by atoms with Crippen molar-refractivity contribution < 1.29 is 47.8 Å². The van der Waals surface area contributed by atoms with Crippen molar-refractivity contribution in [3.63, 3.8) is 0 Å². The van der Waals surface area contributed by atoms with Gasteiger partial charge < -0.3 is 25.2 Å². The molecule has 0 aliphatic heterocycles. The van der Waals surface area contributed by atoms with Crippen LogP contribution in [0.5, 0.6) is 0 Å². The predicted molar refractivity (Wildman–Crippen MR) is 281 cm³/mol. The summed E-state index contributed by atoms with van der Waals surface area (Å²) in [5.74, 6) is -2.53. The number of nitrogens with one attached hydrogen (secondary N) is 1. The van der Waals surface area contributed by atoms with Crippen molar-refractivity contribution in [1.29, 1.82) is 0 Å². The lowest BCUT2D eigenvalue weighted by atomic mass is 10.0. The van der Waals surface area contributed by atoms with Crippen LogP contribution in [0.25, 0.3) is 0 Å². The van der Waals surface area contributed by atoms with Crippen molar-refractivity contribution in [2.75, 3.05) is 19.8 Å². The Kier molecular flexibility index (Phi) is 46.3. The van der Waals surface area contributed by atoms with E-state index < -0.39 is 57.6 Å². The molecule has 3 atom stereocenters. The Balaban J connectivity index is 3.97. The molecule has 0 aliphatic rings. The first kappa shape index (κ1) is 63.9. The second-order valence-corrected chi connectivity index (χ2v) is 18.1. The van der Waals surface area contributed by atoms with E-state index in [1.54, 1.807) is 6.08 Å². The number of esters is 1. The molecule has 12 heteroatoms. The smallest absolute Gasteiger partial charge is 0.472 e. The maximum absolute atomic E-state index is 12.4. The van der Waals surface area contributed by atoms with E-state index in [2.05, 4.69) is 116 Å². The molecule has 11 nitrogen and oxygen atoms in total. The number of amides is 1. The number of carbonyl (C=O) groups excluding carboxylic acids is 2. The number of carbonyl (C=O) groups is 3. The summed E-state index contributed by atoms with van der Waals surface area (Å²) in [5.41, 5.74) is 0. The molecule has 3 unspecified atom stereocenters. The summed E-state index contributed by atoms with van der Waals surface area (Å²) in [6, 6.07) is -1.57. The molecule has 1 amide bonds. The number of rotatable bonds is 46. The Morgan fingerprint density at radius 2 is 0.882 bits per heavy atom. The molecule has 68 heavy (non-hydrogen) atoms. The molecule has 0 rings (SSSR count). The van der Waals surface area contributed by atoms with E-state index in [9.17, 15) is 34.1 Å².